The highest BCUT2D eigenvalue weighted by atomic mass is 16.4. The monoisotopic (exact) mass is 1160 g/mol. The Labute approximate surface area is 472 Å². The van der Waals surface area contributed by atoms with Gasteiger partial charge < -0.3 is 30.6 Å². The molecule has 0 unspecified atom stereocenters. The van der Waals surface area contributed by atoms with Crippen molar-refractivity contribution in [2.24, 2.45) is 0 Å². The standard InChI is InChI=1S/2C12H15N3O9.3C10H8N2/c2*16-7(17)1-4-13-10(22)14(5-2-8(18)19)12(24)15(11(13)23)6-3-9(20)21;3*1-5-11-6-2-9(1)10-3-7-12-8-4-10/h2*1-6H2,(H,16,17)(H,18,19)(H,20,21);3*1-8H. The van der Waals surface area contributed by atoms with Gasteiger partial charge in [0.2, 0.25) is 0 Å². The molecule has 438 valence electrons. The number of hydrogen-bond acceptors (Lipinski definition) is 18. The molecule has 0 aliphatic heterocycles. The summed E-state index contributed by atoms with van der Waals surface area (Å²) in [5, 5.41) is 51.9. The van der Waals surface area contributed by atoms with E-state index in [1.807, 2.05) is 72.8 Å². The summed E-state index contributed by atoms with van der Waals surface area (Å²) in [4.78, 5) is 160. The summed E-state index contributed by atoms with van der Waals surface area (Å²) in [6, 6.07) is 23.8. The van der Waals surface area contributed by atoms with Crippen molar-refractivity contribution in [2.45, 2.75) is 77.8 Å². The van der Waals surface area contributed by atoms with Crippen molar-refractivity contribution in [3.8, 4) is 33.4 Å². The molecule has 0 amide bonds. The lowest BCUT2D eigenvalue weighted by Gasteiger charge is -2.12. The Morgan fingerprint density at radius 1 is 0.238 bits per heavy atom. The van der Waals surface area contributed by atoms with Crippen LogP contribution in [0, 0.1) is 0 Å². The van der Waals surface area contributed by atoms with Crippen LogP contribution < -0.4 is 34.1 Å². The largest absolute Gasteiger partial charge is 0.481 e. The highest BCUT2D eigenvalue weighted by Gasteiger charge is 2.19. The van der Waals surface area contributed by atoms with Crippen LogP contribution in [-0.4, -0.2) is 124 Å². The van der Waals surface area contributed by atoms with E-state index in [0.29, 0.717) is 27.4 Å². The first-order valence-electron chi connectivity index (χ1n) is 24.8. The predicted molar refractivity (Wildman–Crippen MR) is 294 cm³/mol. The van der Waals surface area contributed by atoms with Gasteiger partial charge in [-0.25, -0.2) is 56.2 Å². The molecule has 8 heterocycles. The van der Waals surface area contributed by atoms with Gasteiger partial charge in [-0.1, -0.05) is 0 Å². The molecule has 84 heavy (non-hydrogen) atoms. The van der Waals surface area contributed by atoms with Crippen molar-refractivity contribution < 1.29 is 59.4 Å². The van der Waals surface area contributed by atoms with Gasteiger partial charge in [0.25, 0.3) is 0 Å². The summed E-state index contributed by atoms with van der Waals surface area (Å²) in [6.07, 6.45) is 18.0. The van der Waals surface area contributed by atoms with Gasteiger partial charge in [0.15, 0.2) is 0 Å². The number of carboxylic acids is 6. The number of nitrogens with zero attached hydrogens (tertiary/aromatic N) is 12. The lowest BCUT2D eigenvalue weighted by atomic mass is 10.1. The van der Waals surface area contributed by atoms with Crippen molar-refractivity contribution in [3.63, 3.8) is 0 Å². The topological polar surface area (TPSA) is 433 Å². The van der Waals surface area contributed by atoms with E-state index in [-0.39, 0.29) is 0 Å². The lowest BCUT2D eigenvalue weighted by molar-refractivity contribution is -0.138. The van der Waals surface area contributed by atoms with Crippen LogP contribution in [0.25, 0.3) is 33.4 Å². The van der Waals surface area contributed by atoms with Crippen molar-refractivity contribution in [1.29, 1.82) is 0 Å². The normalized spacial score (nSPS) is 10.1. The summed E-state index contributed by atoms with van der Waals surface area (Å²) in [6.45, 7) is -3.21. The van der Waals surface area contributed by atoms with Gasteiger partial charge in [-0.3, -0.25) is 58.7 Å². The molecule has 0 aromatic carbocycles. The minimum Gasteiger partial charge on any atom is -0.481 e. The summed E-state index contributed by atoms with van der Waals surface area (Å²) in [5.41, 5.74) is 0.203. The van der Waals surface area contributed by atoms with Crippen molar-refractivity contribution in [1.82, 2.24) is 57.3 Å². The maximum Gasteiger partial charge on any atom is 0.336 e. The molecule has 0 fully saturated rings. The van der Waals surface area contributed by atoms with Crippen LogP contribution >= 0.6 is 0 Å². The van der Waals surface area contributed by atoms with E-state index >= 15 is 0 Å². The van der Waals surface area contributed by atoms with Gasteiger partial charge in [-0.2, -0.15) is 0 Å². The molecule has 0 saturated heterocycles. The van der Waals surface area contributed by atoms with Crippen LogP contribution in [0.3, 0.4) is 0 Å². The molecule has 30 nitrogen and oxygen atoms in total. The first-order valence-corrected chi connectivity index (χ1v) is 24.8. The molecule has 0 atom stereocenters. The van der Waals surface area contributed by atoms with E-state index in [1.54, 1.807) is 74.4 Å². The van der Waals surface area contributed by atoms with Crippen molar-refractivity contribution in [3.05, 3.63) is 210 Å². The van der Waals surface area contributed by atoms with Crippen LogP contribution in [0.15, 0.2) is 176 Å². The zero-order valence-electron chi connectivity index (χ0n) is 44.3. The molecule has 0 radical (unpaired) electrons. The summed E-state index contributed by atoms with van der Waals surface area (Å²) in [7, 11) is 0. The first kappa shape index (κ1) is 65.1. The minimum atomic E-state index is -1.29. The van der Waals surface area contributed by atoms with E-state index in [1.165, 1.54) is 33.4 Å². The molecule has 6 N–H and O–H groups in total. The number of rotatable bonds is 21. The molecule has 0 aliphatic carbocycles. The van der Waals surface area contributed by atoms with Crippen molar-refractivity contribution in [2.75, 3.05) is 0 Å². The van der Waals surface area contributed by atoms with Gasteiger partial charge in [-0.05, 0) is 106 Å². The van der Waals surface area contributed by atoms with Gasteiger partial charge in [0, 0.05) is 114 Å². The SMILES string of the molecule is O=C(O)CCn1c(=O)n(CCC(=O)O)c(=O)n(CCC(=O)O)c1=O.O=C(O)CCn1c(=O)n(CCC(=O)O)c(=O)n(CCC(=O)O)c1=O.c1cc(-c2ccncc2)ccn1.c1cc(-c2ccncc2)ccn1.c1cc(-c2ccncc2)ccn1. The molecule has 0 aliphatic rings. The minimum absolute atomic E-state index is 0.471. The highest BCUT2D eigenvalue weighted by Crippen LogP contribution is 2.17. The van der Waals surface area contributed by atoms with Crippen LogP contribution in [0.4, 0.5) is 0 Å². The zero-order chi connectivity index (χ0) is 61.6. The fraction of sp³-hybridized carbons (Fsp3) is 0.222. The molecule has 8 aromatic rings. The molecule has 0 saturated carbocycles. The number of aromatic nitrogens is 12. The number of carbonyl (C=O) groups is 6. The number of aliphatic carboxylic acids is 6. The third-order valence-electron chi connectivity index (χ3n) is 11.1. The van der Waals surface area contributed by atoms with Gasteiger partial charge in [0.1, 0.15) is 0 Å². The third-order valence-corrected chi connectivity index (χ3v) is 11.1. The maximum atomic E-state index is 12.1. The predicted octanol–water partition coefficient (Wildman–Crippen LogP) is 1.62. The molecule has 0 spiro atoms. The Balaban J connectivity index is 0.000000233. The summed E-state index contributed by atoms with van der Waals surface area (Å²) >= 11 is 0. The molecule has 8 rings (SSSR count). The van der Waals surface area contributed by atoms with E-state index in [0.717, 1.165) is 0 Å². The second-order valence-electron chi connectivity index (χ2n) is 16.9. The Hall–Kier alpha value is -11.5. The molecule has 30 heteroatoms. The van der Waals surface area contributed by atoms with Gasteiger partial charge in [0.05, 0.1) is 38.5 Å². The third kappa shape index (κ3) is 21.3. The Bertz CT molecular complexity index is 3130. The van der Waals surface area contributed by atoms with E-state index in [2.05, 4.69) is 29.9 Å². The Morgan fingerprint density at radius 3 is 0.440 bits per heavy atom. The molecular formula is C54H54N12O18. The molecule has 0 bridgehead atoms. The average molecular weight is 1160 g/mol. The van der Waals surface area contributed by atoms with Crippen molar-refractivity contribution >= 4 is 35.8 Å². The molecule has 8 aromatic heterocycles. The smallest absolute Gasteiger partial charge is 0.336 e. The summed E-state index contributed by atoms with van der Waals surface area (Å²) < 4.78 is 2.83. The van der Waals surface area contributed by atoms with Crippen LogP contribution in [0.2, 0.25) is 0 Å². The Morgan fingerprint density at radius 2 is 0.345 bits per heavy atom. The quantitative estimate of drug-likeness (QED) is 0.0595. The second kappa shape index (κ2) is 33.9. The number of hydrogen-bond donors (Lipinski definition) is 6. The van der Waals surface area contributed by atoms with Crippen LogP contribution in [-0.2, 0) is 68.0 Å². The number of carboxylic acid groups (broad SMARTS) is 6. The van der Waals surface area contributed by atoms with E-state index < -0.39 is 148 Å². The summed E-state index contributed by atoms with van der Waals surface area (Å²) in [5.74, 6) is -7.74. The molecular weight excluding hydrogens is 1100 g/mol. The van der Waals surface area contributed by atoms with Crippen LogP contribution in [0.1, 0.15) is 38.5 Å². The van der Waals surface area contributed by atoms with E-state index in [4.69, 9.17) is 30.6 Å². The fourth-order valence-corrected chi connectivity index (χ4v) is 7.02. The maximum absolute atomic E-state index is 12.1. The van der Waals surface area contributed by atoms with Crippen LogP contribution in [0.5, 0.6) is 0 Å². The first-order chi connectivity index (χ1) is 40.2. The Kier molecular flexibility index (Phi) is 26.2. The lowest BCUT2D eigenvalue weighted by Crippen LogP contribution is -2.55. The number of pyridine rings is 6. The second-order valence-corrected chi connectivity index (χ2v) is 16.9. The van der Waals surface area contributed by atoms with Gasteiger partial charge in [-0.15, -0.1) is 0 Å². The van der Waals surface area contributed by atoms with Gasteiger partial charge >= 0.3 is 70.0 Å². The van der Waals surface area contributed by atoms with E-state index in [9.17, 15) is 57.5 Å². The average Bonchev–Trinajstić information content (AvgIpc) is 2.16. The fourth-order valence-electron chi connectivity index (χ4n) is 7.02. The zero-order valence-corrected chi connectivity index (χ0v) is 44.3. The highest BCUT2D eigenvalue weighted by molar-refractivity contribution is 5.68.